The summed E-state index contributed by atoms with van der Waals surface area (Å²) in [6.45, 7) is 11.3. The summed E-state index contributed by atoms with van der Waals surface area (Å²) >= 11 is 0. The zero-order valence-electron chi connectivity index (χ0n) is 33.8. The van der Waals surface area contributed by atoms with Gasteiger partial charge in [0, 0.05) is 44.0 Å². The van der Waals surface area contributed by atoms with Crippen molar-refractivity contribution in [3.05, 3.63) is 120 Å². The molecule has 0 aliphatic heterocycles. The molecular weight excluding hydrogens is 697 g/mol. The van der Waals surface area contributed by atoms with E-state index in [2.05, 4.69) is 122 Å². The molecule has 0 saturated carbocycles. The predicted molar refractivity (Wildman–Crippen MR) is 229 cm³/mol. The number of hydrogen-bond donors (Lipinski definition) is 0. The predicted octanol–water partition coefficient (Wildman–Crippen LogP) is 10.6. The van der Waals surface area contributed by atoms with Crippen molar-refractivity contribution in [1.29, 1.82) is 0 Å². The maximum absolute atomic E-state index is 5.74. The van der Waals surface area contributed by atoms with E-state index in [1.807, 2.05) is 24.3 Å². The number of nitrogens with zero attached hydrogens (tertiary/aromatic N) is 4. The minimum absolute atomic E-state index is 0.490. The molecule has 0 spiro atoms. The minimum atomic E-state index is 0.490. The molecule has 0 aliphatic carbocycles. The molecule has 0 amide bonds. The number of ether oxygens (including phenoxy) is 4. The summed E-state index contributed by atoms with van der Waals surface area (Å²) in [6.07, 6.45) is 5.69. The van der Waals surface area contributed by atoms with Crippen LogP contribution in [0.5, 0.6) is 11.5 Å². The second-order valence-corrected chi connectivity index (χ2v) is 14.2. The van der Waals surface area contributed by atoms with Gasteiger partial charge in [-0.1, -0.05) is 112 Å². The van der Waals surface area contributed by atoms with Crippen LogP contribution in [0.25, 0.3) is 56.0 Å². The van der Waals surface area contributed by atoms with Gasteiger partial charge in [0.05, 0.1) is 33.0 Å². The van der Waals surface area contributed by atoms with Gasteiger partial charge in [-0.05, 0) is 52.8 Å². The number of imidazole rings is 2. The number of aromatic nitrogens is 4. The molecule has 288 valence electrons. The van der Waals surface area contributed by atoms with Crippen molar-refractivity contribution in [3.8, 4) is 57.7 Å². The van der Waals surface area contributed by atoms with Crippen LogP contribution in [-0.2, 0) is 22.6 Å². The topological polar surface area (TPSA) is 72.6 Å². The van der Waals surface area contributed by atoms with Crippen LogP contribution in [0.3, 0.4) is 0 Å². The van der Waals surface area contributed by atoms with E-state index < -0.39 is 0 Å². The third-order valence-electron chi connectivity index (χ3n) is 10.1. The van der Waals surface area contributed by atoms with Crippen LogP contribution >= 0.6 is 0 Å². The average Bonchev–Trinajstić information content (AvgIpc) is 3.81. The number of fused-ring (bicyclic) bond motifs is 2. The van der Waals surface area contributed by atoms with Crippen molar-refractivity contribution in [2.24, 2.45) is 0 Å². The Hall–Kier alpha value is -5.88. The monoisotopic (exact) mass is 748 g/mol. The van der Waals surface area contributed by atoms with Gasteiger partial charge in [-0.2, -0.15) is 0 Å². The lowest BCUT2D eigenvalue weighted by Gasteiger charge is -2.12. The normalized spacial score (nSPS) is 11.2. The van der Waals surface area contributed by atoms with Crippen LogP contribution in [0.1, 0.15) is 56.2 Å². The molecule has 7 rings (SSSR count). The van der Waals surface area contributed by atoms with Crippen molar-refractivity contribution in [2.45, 2.75) is 52.6 Å². The SMILES string of the molecule is C#Cc1ccc(OC)c2c1nc(-c1ccc(C(C)C)cc1)n2CCOC.COCCn1c(-c2ccc(C(C)C)cc2)nc2c(-c3ccccc3)ccc(OC)c21. The van der Waals surface area contributed by atoms with Gasteiger partial charge >= 0.3 is 0 Å². The van der Waals surface area contributed by atoms with Crippen molar-refractivity contribution in [2.75, 3.05) is 41.7 Å². The summed E-state index contributed by atoms with van der Waals surface area (Å²) in [6, 6.07) is 35.5. The molecule has 56 heavy (non-hydrogen) atoms. The van der Waals surface area contributed by atoms with Gasteiger partial charge in [-0.25, -0.2) is 9.97 Å². The van der Waals surface area contributed by atoms with Crippen LogP contribution in [0.15, 0.2) is 103 Å². The number of hydrogen-bond acceptors (Lipinski definition) is 6. The Labute approximate surface area is 331 Å². The maximum atomic E-state index is 5.74. The van der Waals surface area contributed by atoms with E-state index in [0.29, 0.717) is 38.1 Å². The van der Waals surface area contributed by atoms with Gasteiger partial charge in [-0.3, -0.25) is 0 Å². The fourth-order valence-corrected chi connectivity index (χ4v) is 6.99. The van der Waals surface area contributed by atoms with Crippen molar-refractivity contribution in [1.82, 2.24) is 19.1 Å². The quantitative estimate of drug-likeness (QED) is 0.109. The van der Waals surface area contributed by atoms with Gasteiger partial charge in [0.2, 0.25) is 0 Å². The summed E-state index contributed by atoms with van der Waals surface area (Å²) in [7, 11) is 6.79. The van der Waals surface area contributed by atoms with Crippen molar-refractivity contribution < 1.29 is 18.9 Å². The molecule has 5 aromatic carbocycles. The second kappa shape index (κ2) is 18.2. The van der Waals surface area contributed by atoms with Gasteiger partial charge < -0.3 is 28.1 Å². The number of rotatable bonds is 13. The Bertz CT molecular complexity index is 2420. The van der Waals surface area contributed by atoms with Gasteiger partial charge in [0.15, 0.2) is 0 Å². The molecule has 0 atom stereocenters. The first-order chi connectivity index (χ1) is 27.2. The largest absolute Gasteiger partial charge is 0.494 e. The molecule has 8 nitrogen and oxygen atoms in total. The van der Waals surface area contributed by atoms with Gasteiger partial charge in [0.1, 0.15) is 45.2 Å². The fraction of sp³-hybridized carbons (Fsp3) is 0.292. The zero-order valence-corrected chi connectivity index (χ0v) is 33.8. The van der Waals surface area contributed by atoms with Gasteiger partial charge in [0.25, 0.3) is 0 Å². The highest BCUT2D eigenvalue weighted by Crippen LogP contribution is 2.38. The van der Waals surface area contributed by atoms with Crippen molar-refractivity contribution in [3.63, 3.8) is 0 Å². The molecule has 0 radical (unpaired) electrons. The highest BCUT2D eigenvalue weighted by molar-refractivity contribution is 5.98. The van der Waals surface area contributed by atoms with Crippen LogP contribution in [-0.4, -0.2) is 60.8 Å². The molecule has 2 heterocycles. The molecule has 8 heteroatoms. The molecular formula is C48H52N4O4. The highest BCUT2D eigenvalue weighted by Gasteiger charge is 2.21. The summed E-state index contributed by atoms with van der Waals surface area (Å²) in [5.41, 5.74) is 11.4. The number of benzene rings is 5. The summed E-state index contributed by atoms with van der Waals surface area (Å²) in [4.78, 5) is 10.00. The van der Waals surface area contributed by atoms with Gasteiger partial charge in [-0.15, -0.1) is 6.42 Å². The average molecular weight is 749 g/mol. The molecule has 0 bridgehead atoms. The van der Waals surface area contributed by atoms with E-state index in [1.165, 1.54) is 11.1 Å². The standard InChI is InChI=1S/C26H28N2O2.C22H24N2O2/c1-18(2)19-10-12-21(13-11-19)26-27-24-22(20-8-6-5-7-9-20)14-15-23(30-4)25(24)28(26)16-17-29-3;1-6-16-11-12-19(26-5)21-20(16)23-22(24(21)13-14-25-4)18-9-7-17(8-10-18)15(2)3/h5-15,18H,16-17H2,1-4H3;1,7-12,15H,13-14H2,2-5H3. The lowest BCUT2D eigenvalue weighted by molar-refractivity contribution is 0.188. The Morgan fingerprint density at radius 3 is 1.46 bits per heavy atom. The lowest BCUT2D eigenvalue weighted by atomic mass is 10.0. The molecule has 0 saturated heterocycles. The summed E-state index contributed by atoms with van der Waals surface area (Å²) in [5, 5.41) is 0. The highest BCUT2D eigenvalue weighted by atomic mass is 16.5. The first-order valence-electron chi connectivity index (χ1n) is 19.1. The Morgan fingerprint density at radius 1 is 0.554 bits per heavy atom. The van der Waals surface area contributed by atoms with E-state index in [4.69, 9.17) is 35.3 Å². The third kappa shape index (κ3) is 8.20. The molecule has 0 aliphatic rings. The summed E-state index contributed by atoms with van der Waals surface area (Å²) in [5.74, 6) is 7.09. The van der Waals surface area contributed by atoms with E-state index in [1.54, 1.807) is 28.4 Å². The van der Waals surface area contributed by atoms with Crippen LogP contribution in [0.4, 0.5) is 0 Å². The molecule has 0 unspecified atom stereocenters. The fourth-order valence-electron chi connectivity index (χ4n) is 6.99. The van der Waals surface area contributed by atoms with Crippen LogP contribution < -0.4 is 9.47 Å². The van der Waals surface area contributed by atoms with E-state index in [9.17, 15) is 0 Å². The van der Waals surface area contributed by atoms with E-state index in [-0.39, 0.29) is 0 Å². The Morgan fingerprint density at radius 2 is 1.02 bits per heavy atom. The first-order valence-corrected chi connectivity index (χ1v) is 19.1. The molecule has 0 fully saturated rings. The van der Waals surface area contributed by atoms with Crippen LogP contribution in [0.2, 0.25) is 0 Å². The number of terminal acetylenes is 1. The first kappa shape index (κ1) is 39.8. The lowest BCUT2D eigenvalue weighted by Crippen LogP contribution is -2.07. The third-order valence-corrected chi connectivity index (χ3v) is 10.1. The second-order valence-electron chi connectivity index (χ2n) is 14.2. The molecule has 0 N–H and O–H groups in total. The van der Waals surface area contributed by atoms with Crippen molar-refractivity contribution >= 4 is 22.1 Å². The Balaban J connectivity index is 0.000000192. The van der Waals surface area contributed by atoms with E-state index >= 15 is 0 Å². The minimum Gasteiger partial charge on any atom is -0.494 e. The Kier molecular flexibility index (Phi) is 12.9. The van der Waals surface area contributed by atoms with Crippen LogP contribution in [0, 0.1) is 12.3 Å². The number of methoxy groups -OCH3 is 4. The molecule has 7 aromatic rings. The molecule has 2 aromatic heterocycles. The zero-order chi connectivity index (χ0) is 39.8. The smallest absolute Gasteiger partial charge is 0.144 e. The maximum Gasteiger partial charge on any atom is 0.144 e. The van der Waals surface area contributed by atoms with E-state index in [0.717, 1.165) is 73.0 Å². The summed E-state index contributed by atoms with van der Waals surface area (Å²) < 4.78 is 26.4.